The first-order valence-electron chi connectivity index (χ1n) is 9.03. The number of sulfonamides is 1. The maximum Gasteiger partial charge on any atom is 0.288 e. The Balaban J connectivity index is 1.57. The molecule has 7 nitrogen and oxygen atoms in total. The number of hydrazine groups is 1. The normalized spacial score (nSPS) is 14.6. The summed E-state index contributed by atoms with van der Waals surface area (Å²) in [6.07, 6.45) is 1.65. The van der Waals surface area contributed by atoms with E-state index in [4.69, 9.17) is 0 Å². The van der Waals surface area contributed by atoms with Crippen LogP contribution < -0.4 is 10.9 Å². The number of halogens is 2. The number of carbonyl (C=O) groups excluding carboxylic acids is 2. The van der Waals surface area contributed by atoms with Crippen LogP contribution in [0.2, 0.25) is 0 Å². The molecule has 3 rings (SSSR count). The molecule has 1 aliphatic heterocycles. The molecule has 2 N–H and O–H groups in total. The molecule has 1 aliphatic rings. The molecule has 0 spiro atoms. The minimum absolute atomic E-state index is 0.103. The molecule has 160 valence electrons. The third-order valence-electron chi connectivity index (χ3n) is 4.45. The second-order valence-electron chi connectivity index (χ2n) is 6.45. The third kappa shape index (κ3) is 5.35. The van der Waals surface area contributed by atoms with Crippen molar-refractivity contribution in [3.63, 3.8) is 0 Å². The highest BCUT2D eigenvalue weighted by Crippen LogP contribution is 2.25. The van der Waals surface area contributed by atoms with E-state index >= 15 is 0 Å². The smallest absolute Gasteiger partial charge is 0.267 e. The summed E-state index contributed by atoms with van der Waals surface area (Å²) in [7, 11) is -3.57. The number of amides is 2. The first-order valence-corrected chi connectivity index (χ1v) is 11.3. The largest absolute Gasteiger partial charge is 0.288 e. The van der Waals surface area contributed by atoms with Crippen LogP contribution in [0.15, 0.2) is 58.3 Å². The molecule has 0 aliphatic carbocycles. The molecule has 0 saturated carbocycles. The van der Waals surface area contributed by atoms with Crippen molar-refractivity contribution >= 4 is 33.6 Å². The molecule has 0 radical (unpaired) electrons. The van der Waals surface area contributed by atoms with Gasteiger partial charge in [0.05, 0.1) is 4.90 Å². The van der Waals surface area contributed by atoms with Gasteiger partial charge in [0.15, 0.2) is 0 Å². The minimum Gasteiger partial charge on any atom is -0.267 e. The average Bonchev–Trinajstić information content (AvgIpc) is 3.28. The Hall–Kier alpha value is -2.50. The van der Waals surface area contributed by atoms with E-state index in [1.807, 2.05) is 0 Å². The number of alkyl halides is 2. The van der Waals surface area contributed by atoms with Crippen LogP contribution in [-0.4, -0.2) is 43.4 Å². The van der Waals surface area contributed by atoms with Gasteiger partial charge in [0.1, 0.15) is 0 Å². The van der Waals surface area contributed by atoms with Crippen molar-refractivity contribution in [2.75, 3.05) is 13.1 Å². The standard InChI is InChI=1S/C19H19F2N3O4S2/c20-19(21)29-15-7-3-13(4-8-15)17(25)22-23-18(26)14-5-9-16(10-6-14)30(27,28)24-11-1-2-12-24/h3-10,19H,1-2,11-12H2,(H,22,25)(H,23,26). The summed E-state index contributed by atoms with van der Waals surface area (Å²) in [5.74, 6) is -3.80. The van der Waals surface area contributed by atoms with Crippen LogP contribution >= 0.6 is 11.8 Å². The number of nitrogens with zero attached hydrogens (tertiary/aromatic N) is 1. The predicted molar refractivity (Wildman–Crippen MR) is 108 cm³/mol. The van der Waals surface area contributed by atoms with E-state index in [0.29, 0.717) is 29.7 Å². The molecule has 1 saturated heterocycles. The van der Waals surface area contributed by atoms with Crippen LogP contribution in [0.5, 0.6) is 0 Å². The maximum atomic E-state index is 12.5. The summed E-state index contributed by atoms with van der Waals surface area (Å²) < 4.78 is 51.0. The van der Waals surface area contributed by atoms with Crippen molar-refractivity contribution in [3.05, 3.63) is 59.7 Å². The Kier molecular flexibility index (Phi) is 7.06. The second kappa shape index (κ2) is 9.54. The number of nitrogens with one attached hydrogen (secondary N) is 2. The molecule has 11 heteroatoms. The Morgan fingerprint density at radius 1 is 0.867 bits per heavy atom. The van der Waals surface area contributed by atoms with Gasteiger partial charge in [-0.2, -0.15) is 13.1 Å². The van der Waals surface area contributed by atoms with Gasteiger partial charge in [0.2, 0.25) is 10.0 Å². The number of carbonyl (C=O) groups is 2. The van der Waals surface area contributed by atoms with Crippen molar-refractivity contribution in [1.82, 2.24) is 15.2 Å². The Morgan fingerprint density at radius 3 is 1.80 bits per heavy atom. The average molecular weight is 456 g/mol. The lowest BCUT2D eigenvalue weighted by Crippen LogP contribution is -2.41. The van der Waals surface area contributed by atoms with Crippen molar-refractivity contribution < 1.29 is 26.8 Å². The summed E-state index contributed by atoms with van der Waals surface area (Å²) in [5, 5.41) is 0. The SMILES string of the molecule is O=C(NNC(=O)c1ccc(S(=O)(=O)N2CCCC2)cc1)c1ccc(SC(F)F)cc1. The number of benzene rings is 2. The Labute approximate surface area is 176 Å². The lowest BCUT2D eigenvalue weighted by atomic mass is 10.2. The Morgan fingerprint density at radius 2 is 1.33 bits per heavy atom. The number of rotatable bonds is 6. The zero-order valence-electron chi connectivity index (χ0n) is 15.7. The molecule has 0 bridgehead atoms. The number of hydrogen-bond acceptors (Lipinski definition) is 5. The first kappa shape index (κ1) is 22.2. The quantitative estimate of drug-likeness (QED) is 0.516. The summed E-state index contributed by atoms with van der Waals surface area (Å²) in [6, 6.07) is 10.9. The van der Waals surface area contributed by atoms with Gasteiger partial charge in [0.25, 0.3) is 17.6 Å². The third-order valence-corrected chi connectivity index (χ3v) is 7.09. The van der Waals surface area contributed by atoms with Gasteiger partial charge in [-0.05, 0) is 61.4 Å². The van der Waals surface area contributed by atoms with E-state index in [0.717, 1.165) is 12.8 Å². The van der Waals surface area contributed by atoms with Gasteiger partial charge in [-0.15, -0.1) is 0 Å². The summed E-state index contributed by atoms with van der Waals surface area (Å²) >= 11 is 0.364. The van der Waals surface area contributed by atoms with Gasteiger partial charge in [0, 0.05) is 29.1 Å². The second-order valence-corrected chi connectivity index (χ2v) is 9.45. The highest BCUT2D eigenvalue weighted by Gasteiger charge is 2.27. The Bertz CT molecular complexity index is 1010. The van der Waals surface area contributed by atoms with Gasteiger partial charge in [-0.1, -0.05) is 11.8 Å². The molecule has 2 aromatic carbocycles. The van der Waals surface area contributed by atoms with E-state index in [1.165, 1.54) is 52.8 Å². The lowest BCUT2D eigenvalue weighted by molar-refractivity contribution is 0.0846. The maximum absolute atomic E-state index is 12.5. The van der Waals surface area contributed by atoms with Crippen LogP contribution in [0.1, 0.15) is 33.6 Å². The molecular weight excluding hydrogens is 436 g/mol. The molecule has 2 aromatic rings. The van der Waals surface area contributed by atoms with Crippen molar-refractivity contribution in [2.45, 2.75) is 28.4 Å². The lowest BCUT2D eigenvalue weighted by Gasteiger charge is -2.15. The van der Waals surface area contributed by atoms with E-state index in [2.05, 4.69) is 10.9 Å². The van der Waals surface area contributed by atoms with Gasteiger partial charge >= 0.3 is 0 Å². The molecule has 1 heterocycles. The van der Waals surface area contributed by atoms with Crippen LogP contribution in [0, 0.1) is 0 Å². The fourth-order valence-electron chi connectivity index (χ4n) is 2.90. The minimum atomic E-state index is -3.57. The number of hydrogen-bond donors (Lipinski definition) is 2. The van der Waals surface area contributed by atoms with Gasteiger partial charge in [-0.25, -0.2) is 8.42 Å². The van der Waals surface area contributed by atoms with Crippen molar-refractivity contribution in [3.8, 4) is 0 Å². The van der Waals surface area contributed by atoms with Crippen LogP contribution in [0.3, 0.4) is 0 Å². The molecule has 0 atom stereocenters. The van der Waals surface area contributed by atoms with Gasteiger partial charge in [-0.3, -0.25) is 20.4 Å². The molecular formula is C19H19F2N3O4S2. The zero-order valence-corrected chi connectivity index (χ0v) is 17.3. The molecule has 2 amide bonds. The molecule has 0 unspecified atom stereocenters. The van der Waals surface area contributed by atoms with Crippen molar-refractivity contribution in [1.29, 1.82) is 0 Å². The van der Waals surface area contributed by atoms with E-state index in [-0.39, 0.29) is 16.0 Å². The van der Waals surface area contributed by atoms with Crippen LogP contribution in [0.4, 0.5) is 8.78 Å². The van der Waals surface area contributed by atoms with E-state index in [1.54, 1.807) is 0 Å². The summed E-state index contributed by atoms with van der Waals surface area (Å²) in [6.45, 7) is 0.969. The van der Waals surface area contributed by atoms with E-state index in [9.17, 15) is 26.8 Å². The topological polar surface area (TPSA) is 95.6 Å². The zero-order chi connectivity index (χ0) is 21.7. The highest BCUT2D eigenvalue weighted by molar-refractivity contribution is 7.99. The number of thioether (sulfide) groups is 1. The monoisotopic (exact) mass is 455 g/mol. The van der Waals surface area contributed by atoms with Crippen LogP contribution in [-0.2, 0) is 10.0 Å². The molecule has 30 heavy (non-hydrogen) atoms. The van der Waals surface area contributed by atoms with Gasteiger partial charge < -0.3 is 0 Å². The highest BCUT2D eigenvalue weighted by atomic mass is 32.2. The fourth-order valence-corrected chi connectivity index (χ4v) is 4.92. The summed E-state index contributed by atoms with van der Waals surface area (Å²) in [5.41, 5.74) is 4.81. The van der Waals surface area contributed by atoms with Crippen LogP contribution in [0.25, 0.3) is 0 Å². The molecule has 0 aromatic heterocycles. The summed E-state index contributed by atoms with van der Waals surface area (Å²) in [4.78, 5) is 24.7. The first-order chi connectivity index (χ1) is 14.3. The van der Waals surface area contributed by atoms with Crippen molar-refractivity contribution in [2.24, 2.45) is 0 Å². The van der Waals surface area contributed by atoms with E-state index < -0.39 is 27.6 Å². The fraction of sp³-hybridized carbons (Fsp3) is 0.263. The predicted octanol–water partition coefficient (Wildman–Crippen LogP) is 2.86. The molecule has 1 fully saturated rings.